The van der Waals surface area contributed by atoms with Crippen LogP contribution in [0.4, 0.5) is 0 Å². The predicted octanol–water partition coefficient (Wildman–Crippen LogP) is 1.73. The van der Waals surface area contributed by atoms with E-state index < -0.39 is 11.8 Å². The average molecular weight is 293 g/mol. The van der Waals surface area contributed by atoms with Crippen LogP contribution >= 0.6 is 11.8 Å². The Labute approximate surface area is 123 Å². The molecule has 0 heterocycles. The van der Waals surface area contributed by atoms with Crippen molar-refractivity contribution in [3.8, 4) is 0 Å². The highest BCUT2D eigenvalue weighted by Crippen LogP contribution is 2.13. The van der Waals surface area contributed by atoms with E-state index in [0.717, 1.165) is 10.5 Å². The molecular formula is C14H19N3O2S. The quantitative estimate of drug-likeness (QED) is 0.389. The van der Waals surface area contributed by atoms with E-state index in [1.54, 1.807) is 11.8 Å². The number of hydrazone groups is 1. The van der Waals surface area contributed by atoms with Gasteiger partial charge in [0, 0.05) is 18.0 Å². The van der Waals surface area contributed by atoms with Gasteiger partial charge in [-0.2, -0.15) is 5.10 Å². The second kappa shape index (κ2) is 8.37. The summed E-state index contributed by atoms with van der Waals surface area (Å²) in [5.74, 6) is -1.28. The summed E-state index contributed by atoms with van der Waals surface area (Å²) < 4.78 is 0. The maximum Gasteiger partial charge on any atom is 0.329 e. The van der Waals surface area contributed by atoms with E-state index in [2.05, 4.69) is 10.5 Å². The van der Waals surface area contributed by atoms with Gasteiger partial charge in [-0.15, -0.1) is 11.8 Å². The maximum absolute atomic E-state index is 11.7. The van der Waals surface area contributed by atoms with E-state index in [9.17, 15) is 9.59 Å². The molecule has 0 aliphatic carbocycles. The highest BCUT2D eigenvalue weighted by Gasteiger charge is 2.18. The monoisotopic (exact) mass is 293 g/mol. The third-order valence-corrected chi connectivity index (χ3v) is 3.48. The molecule has 0 aliphatic heterocycles. The molecule has 0 aliphatic rings. The molecule has 0 unspecified atom stereocenters. The predicted molar refractivity (Wildman–Crippen MR) is 81.9 cm³/mol. The van der Waals surface area contributed by atoms with Gasteiger partial charge in [-0.25, -0.2) is 5.43 Å². The number of hydrogen-bond donors (Lipinski definition) is 1. The molecule has 0 aromatic heterocycles. The first kappa shape index (κ1) is 16.2. The number of rotatable bonds is 5. The lowest BCUT2D eigenvalue weighted by Crippen LogP contribution is -2.41. The summed E-state index contributed by atoms with van der Waals surface area (Å²) in [5, 5.41) is 3.79. The minimum absolute atomic E-state index is 0.503. The number of nitrogens with zero attached hydrogens (tertiary/aromatic N) is 2. The zero-order valence-electron chi connectivity index (χ0n) is 11.9. The van der Waals surface area contributed by atoms with Crippen LogP contribution in [0.25, 0.3) is 0 Å². The summed E-state index contributed by atoms with van der Waals surface area (Å²) in [6.07, 6.45) is 3.51. The molecule has 0 atom stereocenters. The molecule has 1 N–H and O–H groups in total. The van der Waals surface area contributed by atoms with E-state index in [0.29, 0.717) is 13.1 Å². The number of carbonyl (C=O) groups is 2. The Kier molecular flexibility index (Phi) is 6.79. The molecule has 1 aromatic carbocycles. The van der Waals surface area contributed by atoms with Gasteiger partial charge in [0.1, 0.15) is 0 Å². The Bertz CT molecular complexity index is 482. The van der Waals surface area contributed by atoms with Crippen LogP contribution in [0.3, 0.4) is 0 Å². The smallest absolute Gasteiger partial charge is 0.329 e. The lowest BCUT2D eigenvalue weighted by Gasteiger charge is -2.16. The van der Waals surface area contributed by atoms with Gasteiger partial charge in [0.2, 0.25) is 0 Å². The third kappa shape index (κ3) is 4.70. The first-order valence-electron chi connectivity index (χ1n) is 6.38. The molecular weight excluding hydrogens is 274 g/mol. The van der Waals surface area contributed by atoms with Crippen LogP contribution in [0.2, 0.25) is 0 Å². The number of benzene rings is 1. The zero-order chi connectivity index (χ0) is 15.0. The van der Waals surface area contributed by atoms with E-state index in [-0.39, 0.29) is 0 Å². The van der Waals surface area contributed by atoms with Crippen molar-refractivity contribution < 1.29 is 9.59 Å². The van der Waals surface area contributed by atoms with E-state index in [1.165, 1.54) is 11.1 Å². The fourth-order valence-corrected chi connectivity index (χ4v) is 1.97. The summed E-state index contributed by atoms with van der Waals surface area (Å²) in [6, 6.07) is 7.73. The molecule has 20 heavy (non-hydrogen) atoms. The molecule has 0 saturated heterocycles. The largest absolute Gasteiger partial charge is 0.335 e. The van der Waals surface area contributed by atoms with E-state index in [4.69, 9.17) is 0 Å². The SMILES string of the molecule is CCN(CC)C(=O)C(=O)NN=Cc1ccc(SC)cc1. The summed E-state index contributed by atoms with van der Waals surface area (Å²) in [7, 11) is 0. The summed E-state index contributed by atoms with van der Waals surface area (Å²) in [4.78, 5) is 25.8. The van der Waals surface area contributed by atoms with Gasteiger partial charge in [0.05, 0.1) is 6.21 Å². The lowest BCUT2D eigenvalue weighted by molar-refractivity contribution is -0.145. The van der Waals surface area contributed by atoms with Crippen LogP contribution in [-0.4, -0.2) is 42.3 Å². The molecule has 2 amide bonds. The van der Waals surface area contributed by atoms with Crippen molar-refractivity contribution >= 4 is 29.8 Å². The number of hydrogen-bond acceptors (Lipinski definition) is 4. The van der Waals surface area contributed by atoms with E-state index in [1.807, 2.05) is 44.4 Å². The molecule has 1 rings (SSSR count). The Morgan fingerprint density at radius 3 is 2.35 bits per heavy atom. The van der Waals surface area contributed by atoms with Crippen molar-refractivity contribution in [2.75, 3.05) is 19.3 Å². The third-order valence-electron chi connectivity index (χ3n) is 2.74. The number of amides is 2. The number of thioether (sulfide) groups is 1. The second-order valence-electron chi connectivity index (χ2n) is 3.95. The highest BCUT2D eigenvalue weighted by atomic mass is 32.2. The minimum Gasteiger partial charge on any atom is -0.335 e. The Balaban J connectivity index is 2.55. The van der Waals surface area contributed by atoms with Gasteiger partial charge in [-0.05, 0) is 37.8 Å². The molecule has 0 saturated carbocycles. The molecule has 0 bridgehead atoms. The standard InChI is InChI=1S/C14H19N3O2S/c1-4-17(5-2)14(19)13(18)16-15-10-11-6-8-12(20-3)9-7-11/h6-10H,4-5H2,1-3H3,(H,16,18). The van der Waals surface area contributed by atoms with Crippen molar-refractivity contribution in [2.45, 2.75) is 18.7 Å². The van der Waals surface area contributed by atoms with Gasteiger partial charge >= 0.3 is 11.8 Å². The van der Waals surface area contributed by atoms with Crippen LogP contribution in [0.5, 0.6) is 0 Å². The Morgan fingerprint density at radius 2 is 1.85 bits per heavy atom. The van der Waals surface area contributed by atoms with Crippen LogP contribution in [0.15, 0.2) is 34.3 Å². The molecule has 6 heteroatoms. The van der Waals surface area contributed by atoms with Gasteiger partial charge < -0.3 is 4.90 Å². The average Bonchev–Trinajstić information content (AvgIpc) is 2.49. The fourth-order valence-electron chi connectivity index (χ4n) is 1.56. The molecule has 5 nitrogen and oxygen atoms in total. The van der Waals surface area contributed by atoms with Crippen molar-refractivity contribution in [3.63, 3.8) is 0 Å². The molecule has 1 aromatic rings. The molecule has 0 spiro atoms. The van der Waals surface area contributed by atoms with Crippen molar-refractivity contribution in [1.82, 2.24) is 10.3 Å². The Morgan fingerprint density at radius 1 is 1.25 bits per heavy atom. The normalized spacial score (nSPS) is 10.6. The van der Waals surface area contributed by atoms with Crippen LogP contribution < -0.4 is 5.43 Å². The summed E-state index contributed by atoms with van der Waals surface area (Å²) >= 11 is 1.65. The number of carbonyl (C=O) groups excluding carboxylic acids is 2. The van der Waals surface area contributed by atoms with Crippen LogP contribution in [0.1, 0.15) is 19.4 Å². The Hall–Kier alpha value is -1.82. The minimum atomic E-state index is -0.717. The molecule has 0 fully saturated rings. The second-order valence-corrected chi connectivity index (χ2v) is 4.83. The fraction of sp³-hybridized carbons (Fsp3) is 0.357. The van der Waals surface area contributed by atoms with Gasteiger partial charge in [0.15, 0.2) is 0 Å². The van der Waals surface area contributed by atoms with Crippen molar-refractivity contribution in [3.05, 3.63) is 29.8 Å². The maximum atomic E-state index is 11.7. The lowest BCUT2D eigenvalue weighted by atomic mass is 10.2. The van der Waals surface area contributed by atoms with Crippen molar-refractivity contribution in [1.29, 1.82) is 0 Å². The van der Waals surface area contributed by atoms with Crippen LogP contribution in [0, 0.1) is 0 Å². The summed E-state index contributed by atoms with van der Waals surface area (Å²) in [5.41, 5.74) is 3.10. The van der Waals surface area contributed by atoms with Gasteiger partial charge in [-0.3, -0.25) is 9.59 Å². The number of nitrogens with one attached hydrogen (secondary N) is 1. The first-order chi connectivity index (χ1) is 9.62. The highest BCUT2D eigenvalue weighted by molar-refractivity contribution is 7.98. The van der Waals surface area contributed by atoms with Crippen molar-refractivity contribution in [2.24, 2.45) is 5.10 Å². The summed E-state index contributed by atoms with van der Waals surface area (Å²) in [6.45, 7) is 4.65. The van der Waals surface area contributed by atoms with Gasteiger partial charge in [0.25, 0.3) is 0 Å². The van der Waals surface area contributed by atoms with Crippen LogP contribution in [-0.2, 0) is 9.59 Å². The van der Waals surface area contributed by atoms with E-state index >= 15 is 0 Å². The van der Waals surface area contributed by atoms with Gasteiger partial charge in [-0.1, -0.05) is 12.1 Å². The topological polar surface area (TPSA) is 61.8 Å². The molecule has 108 valence electrons. The molecule has 0 radical (unpaired) electrons. The zero-order valence-corrected chi connectivity index (χ0v) is 12.7. The number of likely N-dealkylation sites (N-methyl/N-ethyl adjacent to an activating group) is 1. The first-order valence-corrected chi connectivity index (χ1v) is 7.61.